The van der Waals surface area contributed by atoms with Gasteiger partial charge in [0, 0.05) is 19.5 Å². The molecule has 0 aromatic heterocycles. The number of carbonyl (C=O) groups excluding carboxylic acids is 4. The smallest absolute Gasteiger partial charge is 0.408 e. The molecule has 0 heterocycles. The van der Waals surface area contributed by atoms with E-state index < -0.39 is 41.6 Å². The highest BCUT2D eigenvalue weighted by molar-refractivity contribution is 5.92. The average molecular weight is 626 g/mol. The van der Waals surface area contributed by atoms with Crippen LogP contribution < -0.4 is 10.6 Å². The Bertz CT molecular complexity index is 1220. The summed E-state index contributed by atoms with van der Waals surface area (Å²) in [5.41, 5.74) is 1.61. The fourth-order valence-electron chi connectivity index (χ4n) is 4.82. The predicted octanol–water partition coefficient (Wildman–Crippen LogP) is 5.61. The Balaban J connectivity index is 2.54. The number of nitrogens with one attached hydrogen (secondary N) is 2. The zero-order chi connectivity index (χ0) is 33.4. The van der Waals surface area contributed by atoms with E-state index in [4.69, 9.17) is 9.47 Å². The highest BCUT2D eigenvalue weighted by Gasteiger charge is 2.36. The van der Waals surface area contributed by atoms with Gasteiger partial charge in [0.1, 0.15) is 23.4 Å². The first-order valence-corrected chi connectivity index (χ1v) is 16.0. The molecule has 2 aromatic carbocycles. The second-order valence-corrected chi connectivity index (χ2v) is 12.0. The van der Waals surface area contributed by atoms with Gasteiger partial charge in [-0.25, -0.2) is 4.79 Å². The van der Waals surface area contributed by atoms with E-state index in [1.165, 1.54) is 17.0 Å². The summed E-state index contributed by atoms with van der Waals surface area (Å²) in [6.07, 6.45) is 3.63. The number of alkyl carbamates (subject to hydrolysis) is 1. The third-order valence-electron chi connectivity index (χ3n) is 7.10. The maximum absolute atomic E-state index is 14.5. The number of esters is 1. The maximum Gasteiger partial charge on any atom is 0.408 e. The zero-order valence-electron chi connectivity index (χ0n) is 27.7. The number of aryl methyl sites for hydroxylation is 1. The van der Waals surface area contributed by atoms with Crippen LogP contribution in [0, 0.1) is 0 Å². The van der Waals surface area contributed by atoms with E-state index in [1.807, 2.05) is 31.2 Å². The molecule has 0 aliphatic carbocycles. The minimum absolute atomic E-state index is 0.00477. The Hall–Kier alpha value is -4.08. The molecule has 2 aromatic rings. The lowest BCUT2D eigenvalue weighted by atomic mass is 9.98. The van der Waals surface area contributed by atoms with E-state index in [9.17, 15) is 24.3 Å². The van der Waals surface area contributed by atoms with Crippen LogP contribution in [-0.4, -0.2) is 65.2 Å². The van der Waals surface area contributed by atoms with Gasteiger partial charge >= 0.3 is 12.1 Å². The van der Waals surface area contributed by atoms with Crippen LogP contribution in [0.15, 0.2) is 48.5 Å². The number of hydrogen-bond acceptors (Lipinski definition) is 7. The number of phenols is 1. The van der Waals surface area contributed by atoms with Crippen molar-refractivity contribution in [1.29, 1.82) is 0 Å². The molecule has 0 aliphatic heterocycles. The zero-order valence-corrected chi connectivity index (χ0v) is 27.7. The molecule has 0 fully saturated rings. The van der Waals surface area contributed by atoms with E-state index in [0.29, 0.717) is 17.5 Å². The van der Waals surface area contributed by atoms with E-state index in [-0.39, 0.29) is 38.3 Å². The molecular formula is C35H51N3O7. The maximum atomic E-state index is 14.5. The highest BCUT2D eigenvalue weighted by atomic mass is 16.6. The van der Waals surface area contributed by atoms with Crippen molar-refractivity contribution in [1.82, 2.24) is 15.5 Å². The van der Waals surface area contributed by atoms with Gasteiger partial charge < -0.3 is 30.1 Å². The largest absolute Gasteiger partial charge is 0.508 e. The van der Waals surface area contributed by atoms with E-state index in [0.717, 1.165) is 31.2 Å². The van der Waals surface area contributed by atoms with Crippen molar-refractivity contribution in [2.24, 2.45) is 0 Å². The fraction of sp³-hybridized carbons (Fsp3) is 0.543. The van der Waals surface area contributed by atoms with E-state index >= 15 is 0 Å². The van der Waals surface area contributed by atoms with E-state index in [2.05, 4.69) is 17.6 Å². The van der Waals surface area contributed by atoms with Crippen LogP contribution in [0.25, 0.3) is 0 Å². The van der Waals surface area contributed by atoms with Crippen LogP contribution in [0.5, 0.6) is 5.75 Å². The summed E-state index contributed by atoms with van der Waals surface area (Å²) in [4.78, 5) is 54.9. The lowest BCUT2D eigenvalue weighted by Gasteiger charge is -2.35. The number of phenolic OH excluding ortho intramolecular Hbond substituents is 1. The number of rotatable bonds is 17. The summed E-state index contributed by atoms with van der Waals surface area (Å²) in [6, 6.07) is 11.9. The minimum atomic E-state index is -1.07. The SMILES string of the molecule is CCCCCCN(C(=O)C(Cc1ccc(O)cc1)NC(=O)OC(C)(C)C)C(C(=O)NCCC(=O)OCC)c1ccc(CC)cc1. The monoisotopic (exact) mass is 625 g/mol. The fourth-order valence-corrected chi connectivity index (χ4v) is 4.82. The molecule has 10 nitrogen and oxygen atoms in total. The number of hydrogen-bond donors (Lipinski definition) is 3. The molecule has 0 radical (unpaired) electrons. The molecule has 45 heavy (non-hydrogen) atoms. The Kier molecular flexibility index (Phi) is 15.4. The molecule has 0 bridgehead atoms. The number of aromatic hydroxyl groups is 1. The summed E-state index contributed by atoms with van der Waals surface area (Å²) >= 11 is 0. The number of carbonyl (C=O) groups is 4. The van der Waals surface area contributed by atoms with Crippen molar-refractivity contribution in [3.63, 3.8) is 0 Å². The summed E-state index contributed by atoms with van der Waals surface area (Å²) in [7, 11) is 0. The molecule has 248 valence electrons. The third kappa shape index (κ3) is 13.2. The second kappa shape index (κ2) is 18.7. The molecule has 2 atom stereocenters. The van der Waals surface area contributed by atoms with E-state index in [1.54, 1.807) is 39.8 Å². The van der Waals surface area contributed by atoms with Gasteiger partial charge in [0.2, 0.25) is 11.8 Å². The average Bonchev–Trinajstić information content (AvgIpc) is 2.98. The van der Waals surface area contributed by atoms with Crippen LogP contribution in [0.3, 0.4) is 0 Å². The summed E-state index contributed by atoms with van der Waals surface area (Å²) in [6.45, 7) is 11.6. The number of ether oxygens (including phenoxy) is 2. The normalized spacial score (nSPS) is 12.5. The quantitative estimate of drug-likeness (QED) is 0.154. The lowest BCUT2D eigenvalue weighted by molar-refractivity contribution is -0.144. The molecular weight excluding hydrogens is 574 g/mol. The first-order chi connectivity index (χ1) is 21.4. The molecule has 2 unspecified atom stereocenters. The molecule has 0 spiro atoms. The first-order valence-electron chi connectivity index (χ1n) is 16.0. The van der Waals surface area contributed by atoms with Crippen LogP contribution in [0.4, 0.5) is 4.79 Å². The van der Waals surface area contributed by atoms with Crippen molar-refractivity contribution in [2.75, 3.05) is 19.7 Å². The topological polar surface area (TPSA) is 134 Å². The molecule has 2 rings (SSSR count). The second-order valence-electron chi connectivity index (χ2n) is 12.0. The Morgan fingerprint density at radius 3 is 2.11 bits per heavy atom. The summed E-state index contributed by atoms with van der Waals surface area (Å²) in [5, 5.41) is 15.4. The molecule has 0 aliphatic rings. The lowest BCUT2D eigenvalue weighted by Crippen LogP contribution is -2.54. The summed E-state index contributed by atoms with van der Waals surface area (Å²) in [5.74, 6) is -1.23. The number of unbranched alkanes of at least 4 members (excludes halogenated alkanes) is 3. The van der Waals surface area contributed by atoms with Crippen LogP contribution >= 0.6 is 0 Å². The van der Waals surface area contributed by atoms with Gasteiger partial charge in [-0.2, -0.15) is 0 Å². The van der Waals surface area contributed by atoms with Crippen molar-refractivity contribution in [3.8, 4) is 5.75 Å². The molecule has 0 saturated carbocycles. The van der Waals surface area contributed by atoms with Crippen molar-refractivity contribution in [3.05, 3.63) is 65.2 Å². The van der Waals surface area contributed by atoms with Crippen molar-refractivity contribution >= 4 is 23.9 Å². The van der Waals surface area contributed by atoms with Crippen LogP contribution in [0.2, 0.25) is 0 Å². The summed E-state index contributed by atoms with van der Waals surface area (Å²) < 4.78 is 10.5. The van der Waals surface area contributed by atoms with Crippen molar-refractivity contribution < 1.29 is 33.8 Å². The van der Waals surface area contributed by atoms with Gasteiger partial charge in [0.05, 0.1) is 13.0 Å². The predicted molar refractivity (Wildman–Crippen MR) is 174 cm³/mol. The van der Waals surface area contributed by atoms with Gasteiger partial charge in [-0.1, -0.05) is 69.5 Å². The van der Waals surface area contributed by atoms with Crippen molar-refractivity contribution in [2.45, 2.75) is 104 Å². The Morgan fingerprint density at radius 2 is 1.53 bits per heavy atom. The number of amides is 3. The minimum Gasteiger partial charge on any atom is -0.508 e. The highest BCUT2D eigenvalue weighted by Crippen LogP contribution is 2.25. The van der Waals surface area contributed by atoms with Gasteiger partial charge in [0.25, 0.3) is 0 Å². The van der Waals surface area contributed by atoms with Crippen LogP contribution in [-0.2, 0) is 36.7 Å². The van der Waals surface area contributed by atoms with Gasteiger partial charge in [-0.3, -0.25) is 14.4 Å². The molecule has 3 N–H and O–H groups in total. The number of nitrogens with zero attached hydrogens (tertiary/aromatic N) is 1. The molecule has 10 heteroatoms. The first kappa shape index (κ1) is 37.1. The third-order valence-corrected chi connectivity index (χ3v) is 7.10. The Labute approximate surface area is 267 Å². The van der Waals surface area contributed by atoms with Gasteiger partial charge in [-0.05, 0) is 69.4 Å². The van der Waals surface area contributed by atoms with Crippen LogP contribution in [0.1, 0.15) is 96.4 Å². The molecule has 0 saturated heterocycles. The van der Waals surface area contributed by atoms with Gasteiger partial charge in [0.15, 0.2) is 0 Å². The molecule has 3 amide bonds. The Morgan fingerprint density at radius 1 is 0.889 bits per heavy atom. The standard InChI is InChI=1S/C35H51N3O7/c1-7-10-11-12-23-38(31(27-17-13-25(8-2)14-18-27)32(41)36-22-21-30(40)44-9-3)33(42)29(37-34(43)45-35(4,5)6)24-26-15-19-28(39)20-16-26/h13-20,29,31,39H,7-12,21-24H2,1-6H3,(H,36,41)(H,37,43). The van der Waals surface area contributed by atoms with Gasteiger partial charge in [-0.15, -0.1) is 0 Å². The number of benzene rings is 2.